The topological polar surface area (TPSA) is 90.0 Å². The molecule has 0 unspecified atom stereocenters. The Morgan fingerprint density at radius 2 is 1.69 bits per heavy atom. The number of nitrogen functional groups attached to an aromatic ring is 1. The fourth-order valence-electron chi connectivity index (χ4n) is 3.61. The molecule has 0 radical (unpaired) electrons. The maximum absolute atomic E-state index is 5.90. The van der Waals surface area contributed by atoms with Crippen LogP contribution in [0.15, 0.2) is 18.3 Å². The molecule has 2 N–H and O–H groups in total. The molecule has 0 aliphatic carbocycles. The summed E-state index contributed by atoms with van der Waals surface area (Å²) in [6, 6.07) is 4.33. The minimum absolute atomic E-state index is 0.212. The number of ether oxygens (including phenoxy) is 1. The molecule has 0 atom stereocenters. The lowest BCUT2D eigenvalue weighted by Crippen LogP contribution is -2.37. The van der Waals surface area contributed by atoms with Crippen molar-refractivity contribution < 1.29 is 4.74 Å². The summed E-state index contributed by atoms with van der Waals surface area (Å²) in [6.07, 6.45) is 1.77. The van der Waals surface area contributed by atoms with Crippen molar-refractivity contribution in [3.63, 3.8) is 0 Å². The molecule has 4 rings (SSSR count). The summed E-state index contributed by atoms with van der Waals surface area (Å²) in [6.45, 7) is 9.12. The summed E-state index contributed by atoms with van der Waals surface area (Å²) in [4.78, 5) is 20.3. The highest BCUT2D eigenvalue weighted by molar-refractivity contribution is 5.86. The number of hydrogen-bond donors (Lipinski definition) is 1. The molecule has 7 heteroatoms. The van der Waals surface area contributed by atoms with Crippen LogP contribution in [0.5, 0.6) is 0 Å². The number of hydrogen-bond acceptors (Lipinski definition) is 7. The highest BCUT2D eigenvalue weighted by atomic mass is 16.5. The highest BCUT2D eigenvalue weighted by Gasteiger charge is 2.20. The van der Waals surface area contributed by atoms with Crippen LogP contribution in [0.2, 0.25) is 0 Å². The van der Waals surface area contributed by atoms with E-state index in [2.05, 4.69) is 52.8 Å². The molecule has 26 heavy (non-hydrogen) atoms. The van der Waals surface area contributed by atoms with Gasteiger partial charge in [-0.3, -0.25) is 0 Å². The van der Waals surface area contributed by atoms with Crippen molar-refractivity contribution in [2.45, 2.75) is 20.8 Å². The summed E-state index contributed by atoms with van der Waals surface area (Å²) < 4.78 is 5.45. The number of aromatic nitrogens is 4. The van der Waals surface area contributed by atoms with Crippen molar-refractivity contribution in [3.8, 4) is 11.3 Å². The van der Waals surface area contributed by atoms with Crippen LogP contribution >= 0.6 is 0 Å². The van der Waals surface area contributed by atoms with Crippen molar-refractivity contribution in [2.75, 3.05) is 36.9 Å². The first-order valence-electron chi connectivity index (χ1n) is 8.74. The lowest BCUT2D eigenvalue weighted by molar-refractivity contribution is 0.122. The van der Waals surface area contributed by atoms with Crippen molar-refractivity contribution in [1.29, 1.82) is 0 Å². The van der Waals surface area contributed by atoms with E-state index in [1.165, 1.54) is 16.7 Å². The monoisotopic (exact) mass is 350 g/mol. The zero-order chi connectivity index (χ0) is 18.3. The van der Waals surface area contributed by atoms with E-state index in [0.717, 1.165) is 30.2 Å². The molecule has 0 saturated carbocycles. The Labute approximate surface area is 152 Å². The SMILES string of the molecule is Cc1cc(C)c(-c2cnc3nc(N)nc(N4CCOCC4)c3n2)c(C)c1. The van der Waals surface area contributed by atoms with Gasteiger partial charge in [0.15, 0.2) is 17.0 Å². The molecule has 1 aromatic carbocycles. The molecule has 3 heterocycles. The predicted molar refractivity (Wildman–Crippen MR) is 102 cm³/mol. The van der Waals surface area contributed by atoms with Crippen molar-refractivity contribution >= 4 is 22.9 Å². The third kappa shape index (κ3) is 2.94. The molecule has 2 aromatic heterocycles. The van der Waals surface area contributed by atoms with Gasteiger partial charge in [-0.15, -0.1) is 0 Å². The van der Waals surface area contributed by atoms with Crippen LogP contribution in [-0.4, -0.2) is 46.2 Å². The first-order valence-corrected chi connectivity index (χ1v) is 8.74. The molecule has 1 aliphatic rings. The first kappa shape index (κ1) is 16.7. The van der Waals surface area contributed by atoms with Crippen molar-refractivity contribution in [1.82, 2.24) is 19.9 Å². The molecule has 0 bridgehead atoms. The van der Waals surface area contributed by atoms with Gasteiger partial charge in [-0.05, 0) is 31.9 Å². The molecule has 134 valence electrons. The van der Waals surface area contributed by atoms with Crippen molar-refractivity contribution in [2.24, 2.45) is 0 Å². The van der Waals surface area contributed by atoms with Gasteiger partial charge in [0.1, 0.15) is 0 Å². The average molecular weight is 350 g/mol. The molecular weight excluding hydrogens is 328 g/mol. The van der Waals surface area contributed by atoms with Gasteiger partial charge in [0, 0.05) is 18.7 Å². The van der Waals surface area contributed by atoms with Gasteiger partial charge >= 0.3 is 0 Å². The van der Waals surface area contributed by atoms with Crippen LogP contribution in [0.25, 0.3) is 22.4 Å². The number of rotatable bonds is 2. The quantitative estimate of drug-likeness (QED) is 0.759. The first-order chi connectivity index (χ1) is 12.5. The van der Waals surface area contributed by atoms with Gasteiger partial charge in [0.05, 0.1) is 25.1 Å². The summed E-state index contributed by atoms with van der Waals surface area (Å²) in [5, 5.41) is 0. The third-order valence-corrected chi connectivity index (χ3v) is 4.65. The largest absolute Gasteiger partial charge is 0.378 e. The summed E-state index contributed by atoms with van der Waals surface area (Å²) >= 11 is 0. The van der Waals surface area contributed by atoms with E-state index in [4.69, 9.17) is 15.5 Å². The fourth-order valence-corrected chi connectivity index (χ4v) is 3.61. The normalized spacial score (nSPS) is 14.8. The van der Waals surface area contributed by atoms with Gasteiger partial charge in [-0.2, -0.15) is 9.97 Å². The summed E-state index contributed by atoms with van der Waals surface area (Å²) in [5.74, 6) is 0.941. The number of anilines is 2. The molecule has 1 fully saturated rings. The average Bonchev–Trinajstić information content (AvgIpc) is 2.61. The predicted octanol–water partition coefficient (Wildman–Crippen LogP) is 2.43. The smallest absolute Gasteiger partial charge is 0.224 e. The van der Waals surface area contributed by atoms with Gasteiger partial charge in [0.25, 0.3) is 0 Å². The lowest BCUT2D eigenvalue weighted by Gasteiger charge is -2.28. The molecule has 0 spiro atoms. The van der Waals surface area contributed by atoms with Gasteiger partial charge in [0.2, 0.25) is 5.95 Å². The van der Waals surface area contributed by atoms with Crippen LogP contribution in [0.1, 0.15) is 16.7 Å². The highest BCUT2D eigenvalue weighted by Crippen LogP contribution is 2.30. The van der Waals surface area contributed by atoms with E-state index in [9.17, 15) is 0 Å². The fraction of sp³-hybridized carbons (Fsp3) is 0.368. The second-order valence-corrected chi connectivity index (χ2v) is 6.71. The number of morpholine rings is 1. The number of aryl methyl sites for hydroxylation is 3. The lowest BCUT2D eigenvalue weighted by atomic mass is 9.97. The summed E-state index contributed by atoms with van der Waals surface area (Å²) in [7, 11) is 0. The van der Waals surface area contributed by atoms with E-state index in [-0.39, 0.29) is 5.95 Å². The van der Waals surface area contributed by atoms with Crippen LogP contribution < -0.4 is 10.6 Å². The van der Waals surface area contributed by atoms with Crippen LogP contribution in [0, 0.1) is 20.8 Å². The van der Waals surface area contributed by atoms with E-state index in [1.807, 2.05) is 0 Å². The van der Waals surface area contributed by atoms with Gasteiger partial charge in [-0.25, -0.2) is 9.97 Å². The molecule has 3 aromatic rings. The van der Waals surface area contributed by atoms with Crippen LogP contribution in [0.3, 0.4) is 0 Å². The van der Waals surface area contributed by atoms with E-state index < -0.39 is 0 Å². The molecule has 7 nitrogen and oxygen atoms in total. The Kier molecular flexibility index (Phi) is 4.16. The molecular formula is C19H22N6O. The Morgan fingerprint density at radius 1 is 1.00 bits per heavy atom. The van der Waals surface area contributed by atoms with E-state index in [0.29, 0.717) is 24.4 Å². The number of benzene rings is 1. The Bertz CT molecular complexity index is 958. The minimum atomic E-state index is 0.212. The number of nitrogens with zero attached hydrogens (tertiary/aromatic N) is 5. The minimum Gasteiger partial charge on any atom is -0.378 e. The maximum atomic E-state index is 5.90. The van der Waals surface area contributed by atoms with Gasteiger partial charge < -0.3 is 15.4 Å². The molecule has 1 saturated heterocycles. The zero-order valence-corrected chi connectivity index (χ0v) is 15.3. The zero-order valence-electron chi connectivity index (χ0n) is 15.3. The maximum Gasteiger partial charge on any atom is 0.224 e. The van der Waals surface area contributed by atoms with Crippen LogP contribution in [-0.2, 0) is 4.74 Å². The standard InChI is InChI=1S/C19H22N6O/c1-11-8-12(2)15(13(3)9-11)14-10-21-17-16(22-14)18(24-19(20)23-17)25-4-6-26-7-5-25/h8-10H,4-7H2,1-3H3,(H2,20,21,23,24). The van der Waals surface area contributed by atoms with Crippen LogP contribution in [0.4, 0.5) is 11.8 Å². The van der Waals surface area contributed by atoms with E-state index >= 15 is 0 Å². The second kappa shape index (κ2) is 6.49. The number of nitrogens with two attached hydrogens (primary N) is 1. The second-order valence-electron chi connectivity index (χ2n) is 6.71. The third-order valence-electron chi connectivity index (χ3n) is 4.65. The van der Waals surface area contributed by atoms with Crippen molar-refractivity contribution in [3.05, 3.63) is 35.0 Å². The van der Waals surface area contributed by atoms with Gasteiger partial charge in [-0.1, -0.05) is 17.7 Å². The Hall–Kier alpha value is -2.80. The molecule has 1 aliphatic heterocycles. The number of fused-ring (bicyclic) bond motifs is 1. The Morgan fingerprint density at radius 3 is 2.38 bits per heavy atom. The molecule has 0 amide bonds. The summed E-state index contributed by atoms with van der Waals surface area (Å²) in [5.41, 5.74) is 12.6. The Balaban J connectivity index is 1.90. The van der Waals surface area contributed by atoms with E-state index in [1.54, 1.807) is 6.20 Å².